The molecule has 1 N–H and O–H groups in total. The summed E-state index contributed by atoms with van der Waals surface area (Å²) in [5.41, 5.74) is -0.0436. The number of halogens is 3. The van der Waals surface area contributed by atoms with E-state index in [1.807, 2.05) is 12.1 Å². The van der Waals surface area contributed by atoms with Crippen molar-refractivity contribution in [3.05, 3.63) is 58.5 Å². The predicted octanol–water partition coefficient (Wildman–Crippen LogP) is 4.74. The van der Waals surface area contributed by atoms with E-state index >= 15 is 0 Å². The monoisotopic (exact) mass is 353 g/mol. The zero-order valence-electron chi connectivity index (χ0n) is 13.0. The summed E-state index contributed by atoms with van der Waals surface area (Å²) < 4.78 is 32.0. The molecule has 0 bridgehead atoms. The molecule has 1 aromatic heterocycles. The summed E-state index contributed by atoms with van der Waals surface area (Å²) in [7, 11) is 0. The van der Waals surface area contributed by atoms with Crippen molar-refractivity contribution in [2.45, 2.75) is 38.1 Å². The molecule has 3 rings (SSSR count). The van der Waals surface area contributed by atoms with Crippen LogP contribution < -0.4 is 5.32 Å². The Morgan fingerprint density at radius 2 is 2.00 bits per heavy atom. The molecule has 2 aromatic rings. The van der Waals surface area contributed by atoms with Crippen molar-refractivity contribution in [1.82, 2.24) is 5.32 Å². The van der Waals surface area contributed by atoms with Gasteiger partial charge in [0.15, 0.2) is 11.6 Å². The summed E-state index contributed by atoms with van der Waals surface area (Å²) in [5.74, 6) is -1.49. The van der Waals surface area contributed by atoms with E-state index < -0.39 is 17.5 Å². The average Bonchev–Trinajstić information content (AvgIpc) is 3.05. The van der Waals surface area contributed by atoms with Gasteiger partial charge in [-0.1, -0.05) is 24.4 Å². The van der Waals surface area contributed by atoms with Gasteiger partial charge < -0.3 is 9.73 Å². The first-order chi connectivity index (χ1) is 11.5. The first kappa shape index (κ1) is 17.0. The van der Waals surface area contributed by atoms with E-state index in [1.165, 1.54) is 0 Å². The Morgan fingerprint density at radius 3 is 2.75 bits per heavy atom. The second kappa shape index (κ2) is 7.34. The molecule has 2 unspecified atom stereocenters. The van der Waals surface area contributed by atoms with E-state index in [2.05, 4.69) is 5.32 Å². The van der Waals surface area contributed by atoms with Crippen LogP contribution in [-0.4, -0.2) is 11.9 Å². The lowest BCUT2D eigenvalue weighted by Crippen LogP contribution is -2.43. The smallest absolute Gasteiger partial charge is 0.253 e. The number of carbonyl (C=O) groups excluding carboxylic acids is 1. The van der Waals surface area contributed by atoms with E-state index in [0.717, 1.165) is 50.0 Å². The Kier molecular flexibility index (Phi) is 5.19. The van der Waals surface area contributed by atoms with Crippen molar-refractivity contribution < 1.29 is 18.0 Å². The van der Waals surface area contributed by atoms with Crippen molar-refractivity contribution in [3.63, 3.8) is 0 Å². The van der Waals surface area contributed by atoms with Crippen LogP contribution in [0.4, 0.5) is 8.78 Å². The molecule has 1 aromatic carbocycles. The van der Waals surface area contributed by atoms with Crippen LogP contribution in [0.15, 0.2) is 34.9 Å². The van der Waals surface area contributed by atoms with Gasteiger partial charge in [0.2, 0.25) is 0 Å². The van der Waals surface area contributed by atoms with Crippen LogP contribution >= 0.6 is 11.6 Å². The topological polar surface area (TPSA) is 42.2 Å². The first-order valence-corrected chi connectivity index (χ1v) is 8.40. The largest absolute Gasteiger partial charge is 0.469 e. The van der Waals surface area contributed by atoms with Gasteiger partial charge >= 0.3 is 0 Å². The van der Waals surface area contributed by atoms with Gasteiger partial charge in [0.1, 0.15) is 5.76 Å². The maximum atomic E-state index is 13.4. The zero-order valence-corrected chi connectivity index (χ0v) is 13.8. The van der Waals surface area contributed by atoms with Crippen molar-refractivity contribution >= 4 is 17.5 Å². The highest BCUT2D eigenvalue weighted by atomic mass is 35.5. The Bertz CT molecular complexity index is 718. The Balaban J connectivity index is 1.73. The van der Waals surface area contributed by atoms with Crippen LogP contribution in [0.5, 0.6) is 0 Å². The summed E-state index contributed by atoms with van der Waals surface area (Å²) in [4.78, 5) is 12.4. The average molecular weight is 354 g/mol. The van der Waals surface area contributed by atoms with Gasteiger partial charge in [-0.2, -0.15) is 0 Å². The summed E-state index contributed by atoms with van der Waals surface area (Å²) in [5, 5.41) is 2.84. The van der Waals surface area contributed by atoms with E-state index in [4.69, 9.17) is 16.0 Å². The van der Waals surface area contributed by atoms with Crippen LogP contribution in [0, 0.1) is 17.6 Å². The van der Waals surface area contributed by atoms with Crippen LogP contribution in [0.2, 0.25) is 5.02 Å². The number of amides is 1. The molecular formula is C18H18ClF2NO2. The third-order valence-electron chi connectivity index (χ3n) is 4.52. The minimum Gasteiger partial charge on any atom is -0.469 e. The number of furan rings is 1. The van der Waals surface area contributed by atoms with E-state index in [1.54, 1.807) is 6.26 Å². The molecule has 0 saturated heterocycles. The SMILES string of the molecule is O=C(NC1CCCCC1Cc1ccco1)c1cc(F)c(F)cc1Cl. The Hall–Kier alpha value is -1.88. The molecule has 1 saturated carbocycles. The lowest BCUT2D eigenvalue weighted by molar-refractivity contribution is 0.0903. The highest BCUT2D eigenvalue weighted by Crippen LogP contribution is 2.29. The van der Waals surface area contributed by atoms with Gasteiger partial charge in [0, 0.05) is 12.5 Å². The summed E-state index contributed by atoms with van der Waals surface area (Å²) >= 11 is 5.88. The summed E-state index contributed by atoms with van der Waals surface area (Å²) in [6, 6.07) is 5.39. The second-order valence-electron chi connectivity index (χ2n) is 6.15. The fraction of sp³-hybridized carbons (Fsp3) is 0.389. The molecule has 2 atom stereocenters. The van der Waals surface area contributed by atoms with Gasteiger partial charge in [0.25, 0.3) is 5.91 Å². The van der Waals surface area contributed by atoms with Gasteiger partial charge in [-0.3, -0.25) is 4.79 Å². The first-order valence-electron chi connectivity index (χ1n) is 8.02. The molecule has 1 fully saturated rings. The Labute approximate surface area is 144 Å². The van der Waals surface area contributed by atoms with Gasteiger partial charge in [-0.15, -0.1) is 0 Å². The fourth-order valence-corrected chi connectivity index (χ4v) is 3.51. The minimum absolute atomic E-state index is 0.0412. The van der Waals surface area contributed by atoms with Crippen LogP contribution in [0.25, 0.3) is 0 Å². The highest BCUT2D eigenvalue weighted by molar-refractivity contribution is 6.33. The van der Waals surface area contributed by atoms with Gasteiger partial charge in [-0.05, 0) is 43.0 Å². The van der Waals surface area contributed by atoms with Gasteiger partial charge in [-0.25, -0.2) is 8.78 Å². The van der Waals surface area contributed by atoms with E-state index in [9.17, 15) is 13.6 Å². The van der Waals surface area contributed by atoms with E-state index in [0.29, 0.717) is 0 Å². The molecule has 1 aliphatic carbocycles. The van der Waals surface area contributed by atoms with E-state index in [-0.39, 0.29) is 22.5 Å². The lowest BCUT2D eigenvalue weighted by Gasteiger charge is -2.32. The number of hydrogen-bond acceptors (Lipinski definition) is 2. The van der Waals surface area contributed by atoms with Crippen LogP contribution in [-0.2, 0) is 6.42 Å². The molecular weight excluding hydrogens is 336 g/mol. The molecule has 0 aliphatic heterocycles. The molecule has 0 radical (unpaired) electrons. The van der Waals surface area contributed by atoms with Crippen LogP contribution in [0.1, 0.15) is 41.8 Å². The zero-order chi connectivity index (χ0) is 17.1. The molecule has 24 heavy (non-hydrogen) atoms. The minimum atomic E-state index is -1.08. The normalized spacial score (nSPS) is 20.8. The maximum Gasteiger partial charge on any atom is 0.253 e. The maximum absolute atomic E-state index is 13.4. The number of benzene rings is 1. The fourth-order valence-electron chi connectivity index (χ4n) is 3.27. The number of hydrogen-bond donors (Lipinski definition) is 1. The quantitative estimate of drug-likeness (QED) is 0.806. The summed E-state index contributed by atoms with van der Waals surface area (Å²) in [6.45, 7) is 0. The van der Waals surface area contributed by atoms with Crippen LogP contribution in [0.3, 0.4) is 0 Å². The standard InChI is InChI=1S/C18H18ClF2NO2/c19-14-10-16(21)15(20)9-13(14)18(23)22-17-6-2-1-4-11(17)8-12-5-3-7-24-12/h3,5,7,9-11,17H,1-2,4,6,8H2,(H,22,23). The Morgan fingerprint density at radius 1 is 1.25 bits per heavy atom. The molecule has 1 heterocycles. The third kappa shape index (κ3) is 3.78. The summed E-state index contributed by atoms with van der Waals surface area (Å²) in [6.07, 6.45) is 6.32. The van der Waals surface area contributed by atoms with Gasteiger partial charge in [0.05, 0.1) is 16.8 Å². The molecule has 3 nitrogen and oxygen atoms in total. The van der Waals surface area contributed by atoms with Crippen molar-refractivity contribution in [1.29, 1.82) is 0 Å². The number of nitrogens with one attached hydrogen (secondary N) is 1. The number of rotatable bonds is 4. The molecule has 1 amide bonds. The van der Waals surface area contributed by atoms with Crippen molar-refractivity contribution in [2.24, 2.45) is 5.92 Å². The molecule has 128 valence electrons. The van der Waals surface area contributed by atoms with Crippen molar-refractivity contribution in [2.75, 3.05) is 0 Å². The third-order valence-corrected chi connectivity index (χ3v) is 4.84. The second-order valence-corrected chi connectivity index (χ2v) is 6.56. The lowest BCUT2D eigenvalue weighted by atomic mass is 9.81. The molecule has 0 spiro atoms. The molecule has 1 aliphatic rings. The number of carbonyl (C=O) groups is 1. The highest BCUT2D eigenvalue weighted by Gasteiger charge is 2.28. The molecule has 6 heteroatoms. The predicted molar refractivity (Wildman–Crippen MR) is 87.0 cm³/mol. The van der Waals surface area contributed by atoms with Crippen molar-refractivity contribution in [3.8, 4) is 0 Å².